The second-order valence-electron chi connectivity index (χ2n) is 4.04. The molecule has 1 atom stereocenters. The fourth-order valence-electron chi connectivity index (χ4n) is 1.51. The van der Waals surface area contributed by atoms with Crippen LogP contribution in [0, 0.1) is 0 Å². The molecule has 0 spiro atoms. The summed E-state index contributed by atoms with van der Waals surface area (Å²) < 4.78 is 23.2. The largest absolute Gasteiger partial charge is 0.322 e. The molecule has 0 bridgehead atoms. The van der Waals surface area contributed by atoms with Crippen LogP contribution in [-0.4, -0.2) is 25.4 Å². The van der Waals surface area contributed by atoms with E-state index in [1.165, 1.54) is 17.6 Å². The summed E-state index contributed by atoms with van der Waals surface area (Å²) in [5, 5.41) is 0.801. The standard InChI is InChI=1S/C11H14N2O2S2/c1-17(14,15)7-6-8(12)11-13-9-4-2-3-5-10(9)16-11/h2-5,8H,6-7,12H2,1H3. The number of benzene rings is 1. The first-order valence-corrected chi connectivity index (χ1v) is 8.12. The van der Waals surface area contributed by atoms with E-state index < -0.39 is 9.84 Å². The lowest BCUT2D eigenvalue weighted by Crippen LogP contribution is -2.15. The molecule has 0 aliphatic rings. The number of nitrogens with two attached hydrogens (primary N) is 1. The van der Waals surface area contributed by atoms with Crippen molar-refractivity contribution >= 4 is 31.4 Å². The van der Waals surface area contributed by atoms with E-state index in [0.29, 0.717) is 6.42 Å². The van der Waals surface area contributed by atoms with Gasteiger partial charge in [-0.2, -0.15) is 0 Å². The molecule has 4 nitrogen and oxygen atoms in total. The summed E-state index contributed by atoms with van der Waals surface area (Å²) in [6, 6.07) is 7.49. The molecule has 1 heterocycles. The number of aromatic nitrogens is 1. The van der Waals surface area contributed by atoms with Gasteiger partial charge in [0, 0.05) is 6.26 Å². The number of hydrogen-bond donors (Lipinski definition) is 1. The van der Waals surface area contributed by atoms with E-state index in [1.807, 2.05) is 24.3 Å². The second-order valence-corrected chi connectivity index (χ2v) is 7.37. The van der Waals surface area contributed by atoms with E-state index in [0.717, 1.165) is 15.2 Å². The molecule has 1 aromatic carbocycles. The van der Waals surface area contributed by atoms with Crippen molar-refractivity contribution in [1.29, 1.82) is 0 Å². The van der Waals surface area contributed by atoms with E-state index in [4.69, 9.17) is 5.73 Å². The Morgan fingerprint density at radius 3 is 2.76 bits per heavy atom. The SMILES string of the molecule is CS(=O)(=O)CCC(N)c1nc2ccccc2s1. The number of nitrogens with zero attached hydrogens (tertiary/aromatic N) is 1. The Morgan fingerprint density at radius 2 is 2.12 bits per heavy atom. The number of sulfone groups is 1. The molecule has 0 saturated heterocycles. The van der Waals surface area contributed by atoms with Gasteiger partial charge in [-0.3, -0.25) is 0 Å². The van der Waals surface area contributed by atoms with Crippen LogP contribution >= 0.6 is 11.3 Å². The molecular formula is C11H14N2O2S2. The van der Waals surface area contributed by atoms with Crippen LogP contribution in [0.2, 0.25) is 0 Å². The molecule has 0 aliphatic carbocycles. The molecule has 0 aliphatic heterocycles. The molecule has 2 N–H and O–H groups in total. The van der Waals surface area contributed by atoms with Gasteiger partial charge in [0.25, 0.3) is 0 Å². The lowest BCUT2D eigenvalue weighted by Gasteiger charge is -2.06. The zero-order valence-corrected chi connectivity index (χ0v) is 11.1. The fourth-order valence-corrected chi connectivity index (χ4v) is 3.20. The maximum atomic E-state index is 11.1. The number of fused-ring (bicyclic) bond motifs is 1. The zero-order chi connectivity index (χ0) is 12.5. The van der Waals surface area contributed by atoms with Crippen molar-refractivity contribution in [1.82, 2.24) is 4.98 Å². The Hall–Kier alpha value is -0.980. The van der Waals surface area contributed by atoms with Crippen molar-refractivity contribution in [2.24, 2.45) is 5.73 Å². The summed E-state index contributed by atoms with van der Waals surface area (Å²) in [5.41, 5.74) is 6.87. The van der Waals surface area contributed by atoms with Gasteiger partial charge in [0.05, 0.1) is 22.0 Å². The van der Waals surface area contributed by atoms with Crippen LogP contribution in [0.5, 0.6) is 0 Å². The molecule has 0 fully saturated rings. The molecular weight excluding hydrogens is 256 g/mol. The number of hydrogen-bond acceptors (Lipinski definition) is 5. The molecule has 92 valence electrons. The van der Waals surface area contributed by atoms with Crippen molar-refractivity contribution in [3.05, 3.63) is 29.3 Å². The van der Waals surface area contributed by atoms with Gasteiger partial charge in [0.15, 0.2) is 0 Å². The van der Waals surface area contributed by atoms with Crippen LogP contribution in [0.15, 0.2) is 24.3 Å². The summed E-state index contributed by atoms with van der Waals surface area (Å²) in [5.74, 6) is 0.101. The van der Waals surface area contributed by atoms with E-state index >= 15 is 0 Å². The lowest BCUT2D eigenvalue weighted by molar-refractivity contribution is 0.591. The average molecular weight is 270 g/mol. The predicted octanol–water partition coefficient (Wildman–Crippen LogP) is 1.73. The van der Waals surface area contributed by atoms with Crippen molar-refractivity contribution in [2.45, 2.75) is 12.5 Å². The first kappa shape index (κ1) is 12.5. The first-order chi connectivity index (χ1) is 7.96. The second kappa shape index (κ2) is 4.72. The van der Waals surface area contributed by atoms with Crippen LogP contribution in [0.3, 0.4) is 0 Å². The number of para-hydroxylation sites is 1. The monoisotopic (exact) mass is 270 g/mol. The van der Waals surface area contributed by atoms with Crippen molar-refractivity contribution in [3.63, 3.8) is 0 Å². The van der Waals surface area contributed by atoms with Gasteiger partial charge in [-0.1, -0.05) is 12.1 Å². The smallest absolute Gasteiger partial charge is 0.147 e. The predicted molar refractivity (Wildman–Crippen MR) is 70.9 cm³/mol. The molecule has 2 rings (SSSR count). The van der Waals surface area contributed by atoms with Gasteiger partial charge in [-0.25, -0.2) is 13.4 Å². The van der Waals surface area contributed by atoms with E-state index in [-0.39, 0.29) is 11.8 Å². The Labute approximate surface area is 104 Å². The third-order valence-corrected chi connectivity index (χ3v) is 4.57. The summed E-state index contributed by atoms with van der Waals surface area (Å²) in [4.78, 5) is 4.41. The highest BCUT2D eigenvalue weighted by atomic mass is 32.2. The van der Waals surface area contributed by atoms with Gasteiger partial charge < -0.3 is 5.73 Å². The molecule has 17 heavy (non-hydrogen) atoms. The van der Waals surface area contributed by atoms with Crippen molar-refractivity contribution in [2.75, 3.05) is 12.0 Å². The lowest BCUT2D eigenvalue weighted by atomic mass is 10.2. The highest BCUT2D eigenvalue weighted by Crippen LogP contribution is 2.26. The van der Waals surface area contributed by atoms with Crippen LogP contribution in [0.1, 0.15) is 17.5 Å². The maximum Gasteiger partial charge on any atom is 0.147 e. The molecule has 0 radical (unpaired) electrons. The summed E-state index contributed by atoms with van der Waals surface area (Å²) in [6.45, 7) is 0. The van der Waals surface area contributed by atoms with Gasteiger partial charge in [-0.05, 0) is 18.6 Å². The van der Waals surface area contributed by atoms with E-state index in [1.54, 1.807) is 0 Å². The first-order valence-electron chi connectivity index (χ1n) is 5.24. The quantitative estimate of drug-likeness (QED) is 0.918. The Balaban J connectivity index is 2.16. The Bertz CT molecular complexity index is 586. The topological polar surface area (TPSA) is 73.0 Å². The zero-order valence-electron chi connectivity index (χ0n) is 9.46. The van der Waals surface area contributed by atoms with Crippen molar-refractivity contribution in [3.8, 4) is 0 Å². The fraction of sp³-hybridized carbons (Fsp3) is 0.364. The summed E-state index contributed by atoms with van der Waals surface area (Å²) >= 11 is 1.53. The molecule has 2 aromatic rings. The van der Waals surface area contributed by atoms with Gasteiger partial charge >= 0.3 is 0 Å². The molecule has 1 aromatic heterocycles. The molecule has 0 amide bonds. The maximum absolute atomic E-state index is 11.1. The minimum Gasteiger partial charge on any atom is -0.322 e. The van der Waals surface area contributed by atoms with Crippen LogP contribution < -0.4 is 5.73 Å². The number of rotatable bonds is 4. The highest BCUT2D eigenvalue weighted by Gasteiger charge is 2.14. The van der Waals surface area contributed by atoms with Crippen molar-refractivity contribution < 1.29 is 8.42 Å². The van der Waals surface area contributed by atoms with Gasteiger partial charge in [0.1, 0.15) is 14.8 Å². The third-order valence-electron chi connectivity index (χ3n) is 2.43. The van der Waals surface area contributed by atoms with Crippen LogP contribution in [0.25, 0.3) is 10.2 Å². The van der Waals surface area contributed by atoms with Crippen LogP contribution in [0.4, 0.5) is 0 Å². The molecule has 1 unspecified atom stereocenters. The summed E-state index contributed by atoms with van der Waals surface area (Å²) in [7, 11) is -2.96. The molecule has 6 heteroatoms. The molecule has 0 saturated carbocycles. The average Bonchev–Trinajstić information content (AvgIpc) is 2.68. The van der Waals surface area contributed by atoms with E-state index in [2.05, 4.69) is 4.98 Å². The highest BCUT2D eigenvalue weighted by molar-refractivity contribution is 7.90. The van der Waals surface area contributed by atoms with Crippen LogP contribution in [-0.2, 0) is 9.84 Å². The summed E-state index contributed by atoms with van der Waals surface area (Å²) in [6.07, 6.45) is 1.64. The van der Waals surface area contributed by atoms with Gasteiger partial charge in [-0.15, -0.1) is 11.3 Å². The van der Waals surface area contributed by atoms with Gasteiger partial charge in [0.2, 0.25) is 0 Å². The minimum atomic E-state index is -2.96. The Kier molecular flexibility index (Phi) is 3.46. The number of thiazole rings is 1. The normalized spacial score (nSPS) is 14.0. The Morgan fingerprint density at radius 1 is 1.41 bits per heavy atom. The minimum absolute atomic E-state index is 0.101. The van der Waals surface area contributed by atoms with E-state index in [9.17, 15) is 8.42 Å². The third kappa shape index (κ3) is 3.24.